The van der Waals surface area contributed by atoms with Crippen LogP contribution in [0.3, 0.4) is 0 Å². The van der Waals surface area contributed by atoms with Crippen LogP contribution in [-0.2, 0) is 10.9 Å². The van der Waals surface area contributed by atoms with Gasteiger partial charge in [-0.05, 0) is 110 Å². The van der Waals surface area contributed by atoms with Crippen LogP contribution in [0.15, 0.2) is 140 Å². The molecule has 0 fully saturated rings. The SMILES string of the molecule is Cc1c(Sc2ccc([S+](c3ccc(F)cc3)c3ccc(F)cc3)cc2)ccc(C(=O)c2ccccc2)c1C. The fraction of sp³-hybridized carbons (Fsp3) is 0.0606. The van der Waals surface area contributed by atoms with E-state index in [1.54, 1.807) is 36.0 Å². The molecule has 5 aromatic carbocycles. The first-order chi connectivity index (χ1) is 18.4. The van der Waals surface area contributed by atoms with Gasteiger partial charge in [-0.25, -0.2) is 8.78 Å². The number of benzene rings is 5. The molecule has 0 heterocycles. The highest BCUT2D eigenvalue weighted by Crippen LogP contribution is 2.36. The summed E-state index contributed by atoms with van der Waals surface area (Å²) in [7, 11) is -0.501. The molecular formula is C33H25F2OS2+. The number of carbonyl (C=O) groups excluding carboxylic acids is 1. The highest BCUT2D eigenvalue weighted by atomic mass is 32.2. The Hall–Kier alpha value is -3.67. The van der Waals surface area contributed by atoms with Crippen LogP contribution >= 0.6 is 11.8 Å². The van der Waals surface area contributed by atoms with E-state index in [1.165, 1.54) is 24.3 Å². The normalized spacial score (nSPS) is 11.1. The van der Waals surface area contributed by atoms with Crippen LogP contribution in [0.25, 0.3) is 0 Å². The smallest absolute Gasteiger partial charge is 0.193 e. The van der Waals surface area contributed by atoms with Gasteiger partial charge in [-0.15, -0.1) is 0 Å². The molecule has 0 spiro atoms. The summed E-state index contributed by atoms with van der Waals surface area (Å²) in [5, 5.41) is 0. The number of rotatable bonds is 7. The van der Waals surface area contributed by atoms with Crippen molar-refractivity contribution in [2.45, 2.75) is 38.3 Å². The molecular weight excluding hydrogens is 514 g/mol. The monoisotopic (exact) mass is 539 g/mol. The second kappa shape index (κ2) is 11.4. The zero-order valence-electron chi connectivity index (χ0n) is 21.0. The first-order valence-corrected chi connectivity index (χ1v) is 14.2. The molecule has 0 saturated heterocycles. The zero-order valence-corrected chi connectivity index (χ0v) is 22.6. The molecule has 5 heteroatoms. The lowest BCUT2D eigenvalue weighted by atomic mass is 9.96. The zero-order chi connectivity index (χ0) is 26.6. The van der Waals surface area contributed by atoms with Gasteiger partial charge in [0.05, 0.1) is 10.9 Å². The Morgan fingerprint density at radius 1 is 0.605 bits per heavy atom. The van der Waals surface area contributed by atoms with Gasteiger partial charge in [0.15, 0.2) is 20.5 Å². The van der Waals surface area contributed by atoms with Gasteiger partial charge in [0.1, 0.15) is 11.6 Å². The maximum absolute atomic E-state index is 13.6. The lowest BCUT2D eigenvalue weighted by Crippen LogP contribution is -2.05. The first-order valence-electron chi connectivity index (χ1n) is 12.1. The second-order valence-electron chi connectivity index (χ2n) is 8.84. The van der Waals surface area contributed by atoms with Crippen LogP contribution in [-0.4, -0.2) is 5.78 Å². The summed E-state index contributed by atoms with van der Waals surface area (Å²) < 4.78 is 27.2. The molecule has 0 radical (unpaired) electrons. The van der Waals surface area contributed by atoms with Crippen molar-refractivity contribution in [1.82, 2.24) is 0 Å². The van der Waals surface area contributed by atoms with Gasteiger partial charge in [-0.3, -0.25) is 4.79 Å². The van der Waals surface area contributed by atoms with Crippen LogP contribution in [0.2, 0.25) is 0 Å². The molecule has 0 unspecified atom stereocenters. The predicted molar refractivity (Wildman–Crippen MR) is 151 cm³/mol. The van der Waals surface area contributed by atoms with E-state index in [0.29, 0.717) is 5.56 Å². The standard InChI is InChI=1S/C33H25F2OS2/c1-22-23(2)32(21-20-31(22)33(36)24-6-4-3-5-7-24)37-27-12-18-30(19-13-27)38(28-14-8-25(34)9-15-28)29-16-10-26(35)11-17-29/h3-21H,1-2H3/q+1. The Morgan fingerprint density at radius 2 is 1.11 bits per heavy atom. The van der Waals surface area contributed by atoms with Crippen molar-refractivity contribution in [1.29, 1.82) is 0 Å². The Morgan fingerprint density at radius 3 is 1.63 bits per heavy atom. The van der Waals surface area contributed by atoms with Gasteiger partial charge in [-0.1, -0.05) is 42.1 Å². The minimum atomic E-state index is -0.501. The molecule has 0 aromatic heterocycles. The van der Waals surface area contributed by atoms with Crippen molar-refractivity contribution < 1.29 is 13.6 Å². The minimum absolute atomic E-state index is 0.0284. The fourth-order valence-electron chi connectivity index (χ4n) is 4.22. The van der Waals surface area contributed by atoms with Crippen molar-refractivity contribution >= 4 is 28.4 Å². The summed E-state index contributed by atoms with van der Waals surface area (Å²) >= 11 is 1.65. The van der Waals surface area contributed by atoms with E-state index >= 15 is 0 Å². The van der Waals surface area contributed by atoms with Gasteiger partial charge >= 0.3 is 0 Å². The second-order valence-corrected chi connectivity index (χ2v) is 12.0. The number of hydrogen-bond donors (Lipinski definition) is 0. The van der Waals surface area contributed by atoms with Crippen LogP contribution in [0.1, 0.15) is 27.0 Å². The molecule has 0 aliphatic heterocycles. The Bertz CT molecular complexity index is 1520. The molecule has 5 aromatic rings. The number of carbonyl (C=O) groups is 1. The Labute approximate surface area is 228 Å². The van der Waals surface area contributed by atoms with E-state index in [2.05, 4.69) is 24.3 Å². The summed E-state index contributed by atoms with van der Waals surface area (Å²) in [6.45, 7) is 4.05. The van der Waals surface area contributed by atoms with Gasteiger partial charge in [-0.2, -0.15) is 0 Å². The number of hydrogen-bond acceptors (Lipinski definition) is 2. The molecule has 0 N–H and O–H groups in total. The summed E-state index contributed by atoms with van der Waals surface area (Å²) in [5.41, 5.74) is 3.47. The molecule has 0 aliphatic carbocycles. The van der Waals surface area contributed by atoms with Gasteiger partial charge in [0.2, 0.25) is 0 Å². The lowest BCUT2D eigenvalue weighted by Gasteiger charge is -2.13. The largest absolute Gasteiger partial charge is 0.289 e. The predicted octanol–water partition coefficient (Wildman–Crippen LogP) is 9.06. The Balaban J connectivity index is 1.41. The van der Waals surface area contributed by atoms with Crippen molar-refractivity contribution in [3.05, 3.63) is 149 Å². The molecule has 5 rings (SSSR count). The maximum atomic E-state index is 13.6. The van der Waals surface area contributed by atoms with Gasteiger partial charge in [0, 0.05) is 20.9 Å². The fourth-order valence-corrected chi connectivity index (χ4v) is 7.23. The molecule has 0 atom stereocenters. The van der Waals surface area contributed by atoms with E-state index in [9.17, 15) is 13.6 Å². The van der Waals surface area contributed by atoms with Crippen LogP contribution < -0.4 is 0 Å². The average molecular weight is 540 g/mol. The van der Waals surface area contributed by atoms with E-state index in [1.807, 2.05) is 56.3 Å². The lowest BCUT2D eigenvalue weighted by molar-refractivity contribution is 0.103. The third-order valence-electron chi connectivity index (χ3n) is 6.40. The first kappa shape index (κ1) is 26.0. The topological polar surface area (TPSA) is 17.1 Å². The molecule has 0 amide bonds. The third kappa shape index (κ3) is 5.59. The van der Waals surface area contributed by atoms with Crippen molar-refractivity contribution in [2.75, 3.05) is 0 Å². The molecule has 0 saturated carbocycles. The van der Waals surface area contributed by atoms with Gasteiger partial charge in [0.25, 0.3) is 0 Å². The number of halogens is 2. The molecule has 1 nitrogen and oxygen atoms in total. The number of ketones is 1. The third-order valence-corrected chi connectivity index (χ3v) is 9.80. The van der Waals surface area contributed by atoms with E-state index in [-0.39, 0.29) is 17.4 Å². The maximum Gasteiger partial charge on any atom is 0.193 e. The van der Waals surface area contributed by atoms with Crippen molar-refractivity contribution in [2.24, 2.45) is 0 Å². The highest BCUT2D eigenvalue weighted by molar-refractivity contribution is 7.99. The highest BCUT2D eigenvalue weighted by Gasteiger charge is 2.29. The van der Waals surface area contributed by atoms with Crippen LogP contribution in [0, 0.1) is 25.5 Å². The van der Waals surface area contributed by atoms with E-state index < -0.39 is 10.9 Å². The molecule has 0 bridgehead atoms. The van der Waals surface area contributed by atoms with E-state index in [0.717, 1.165) is 41.2 Å². The molecule has 188 valence electrons. The van der Waals surface area contributed by atoms with Crippen LogP contribution in [0.4, 0.5) is 8.78 Å². The Kier molecular flexibility index (Phi) is 7.77. The molecule has 38 heavy (non-hydrogen) atoms. The minimum Gasteiger partial charge on any atom is -0.289 e. The van der Waals surface area contributed by atoms with E-state index in [4.69, 9.17) is 0 Å². The summed E-state index contributed by atoms with van der Waals surface area (Å²) in [4.78, 5) is 18.2. The van der Waals surface area contributed by atoms with Crippen LogP contribution in [0.5, 0.6) is 0 Å². The van der Waals surface area contributed by atoms with Crippen molar-refractivity contribution in [3.8, 4) is 0 Å². The quantitative estimate of drug-likeness (QED) is 0.152. The summed E-state index contributed by atoms with van der Waals surface area (Å²) in [6.07, 6.45) is 0. The average Bonchev–Trinajstić information content (AvgIpc) is 2.94. The van der Waals surface area contributed by atoms with Gasteiger partial charge < -0.3 is 0 Å². The summed E-state index contributed by atoms with van der Waals surface area (Å²) in [6, 6.07) is 34.5. The molecule has 0 aliphatic rings. The summed E-state index contributed by atoms with van der Waals surface area (Å²) in [5.74, 6) is -0.545. The van der Waals surface area contributed by atoms with Crippen molar-refractivity contribution in [3.63, 3.8) is 0 Å².